The molecular weight excluding hydrogens is 259 g/mol. The van der Waals surface area contributed by atoms with Gasteiger partial charge in [-0.15, -0.1) is 0 Å². The molecule has 0 heterocycles. The van der Waals surface area contributed by atoms with Crippen molar-refractivity contribution in [1.29, 1.82) is 0 Å². The number of rotatable bonds is 4. The Morgan fingerprint density at radius 3 is 2.56 bits per heavy atom. The van der Waals surface area contributed by atoms with Crippen LogP contribution < -0.4 is 5.73 Å². The van der Waals surface area contributed by atoms with E-state index in [1.807, 2.05) is 0 Å². The fourth-order valence-corrected chi connectivity index (χ4v) is 2.50. The molecular formula is C11H15FN2O3S. The minimum atomic E-state index is -3.84. The first-order valence-electron chi connectivity index (χ1n) is 5.29. The molecule has 1 aromatic carbocycles. The van der Waals surface area contributed by atoms with E-state index in [4.69, 9.17) is 5.73 Å². The number of carbonyl (C=O) groups is 1. The van der Waals surface area contributed by atoms with E-state index >= 15 is 0 Å². The third-order valence-corrected chi connectivity index (χ3v) is 4.14. The van der Waals surface area contributed by atoms with Crippen LogP contribution in [0, 0.1) is 5.82 Å². The van der Waals surface area contributed by atoms with Gasteiger partial charge >= 0.3 is 0 Å². The van der Waals surface area contributed by atoms with Crippen LogP contribution in [0.4, 0.5) is 10.1 Å². The number of amides is 1. The first kappa shape index (κ1) is 14.4. The molecule has 0 atom stereocenters. The highest BCUT2D eigenvalue weighted by Crippen LogP contribution is 2.17. The zero-order valence-corrected chi connectivity index (χ0v) is 11.0. The molecule has 0 fully saturated rings. The van der Waals surface area contributed by atoms with Gasteiger partial charge < -0.3 is 10.6 Å². The normalized spacial score (nSPS) is 11.3. The summed E-state index contributed by atoms with van der Waals surface area (Å²) < 4.78 is 36.9. The lowest BCUT2D eigenvalue weighted by Gasteiger charge is -2.14. The van der Waals surface area contributed by atoms with Gasteiger partial charge in [0.1, 0.15) is 11.6 Å². The minimum absolute atomic E-state index is 0.133. The van der Waals surface area contributed by atoms with Crippen molar-refractivity contribution < 1.29 is 17.6 Å². The lowest BCUT2D eigenvalue weighted by Crippen LogP contribution is -2.32. The molecule has 1 aromatic rings. The summed E-state index contributed by atoms with van der Waals surface area (Å²) in [4.78, 5) is 12.6. The highest BCUT2D eigenvalue weighted by Gasteiger charge is 2.22. The zero-order valence-electron chi connectivity index (χ0n) is 10.2. The zero-order chi connectivity index (χ0) is 13.9. The van der Waals surface area contributed by atoms with Crippen LogP contribution in [0.25, 0.3) is 0 Å². The molecule has 0 aliphatic carbocycles. The van der Waals surface area contributed by atoms with Gasteiger partial charge in [0, 0.05) is 13.6 Å². The maximum Gasteiger partial charge on any atom is 0.237 e. The van der Waals surface area contributed by atoms with Gasteiger partial charge in [-0.25, -0.2) is 12.8 Å². The third-order valence-electron chi connectivity index (χ3n) is 2.54. The van der Waals surface area contributed by atoms with Gasteiger partial charge in [0.15, 0.2) is 9.84 Å². The second-order valence-corrected chi connectivity index (χ2v) is 5.84. The van der Waals surface area contributed by atoms with Gasteiger partial charge in [0.25, 0.3) is 0 Å². The largest absolute Gasteiger partial charge is 0.396 e. The number of sulfone groups is 1. The number of nitrogens with zero attached hydrogens (tertiary/aromatic N) is 1. The highest BCUT2D eigenvalue weighted by molar-refractivity contribution is 7.92. The lowest BCUT2D eigenvalue weighted by molar-refractivity contribution is -0.126. The first-order chi connectivity index (χ1) is 8.27. The molecule has 0 spiro atoms. The first-order valence-corrected chi connectivity index (χ1v) is 6.95. The summed E-state index contributed by atoms with van der Waals surface area (Å²) in [6.07, 6.45) is 0. The fraction of sp³-hybridized carbons (Fsp3) is 0.364. The van der Waals surface area contributed by atoms with E-state index in [1.165, 1.54) is 18.0 Å². The molecule has 0 unspecified atom stereocenters. The average molecular weight is 274 g/mol. The van der Waals surface area contributed by atoms with Gasteiger partial charge in [-0.3, -0.25) is 4.79 Å². The van der Waals surface area contributed by atoms with E-state index in [0.29, 0.717) is 6.54 Å². The van der Waals surface area contributed by atoms with E-state index in [2.05, 4.69) is 0 Å². The smallest absolute Gasteiger partial charge is 0.237 e. The van der Waals surface area contributed by atoms with Crippen LogP contribution in [0.3, 0.4) is 0 Å². The SMILES string of the molecule is CCN(C)C(=O)CS(=O)(=O)c1ccc(N)c(F)c1. The van der Waals surface area contributed by atoms with E-state index in [1.54, 1.807) is 6.92 Å². The standard InChI is InChI=1S/C11H15FN2O3S/c1-3-14(2)11(15)7-18(16,17)8-4-5-10(13)9(12)6-8/h4-6H,3,7,13H2,1-2H3. The molecule has 0 aliphatic rings. The van der Waals surface area contributed by atoms with Crippen LogP contribution in [0.2, 0.25) is 0 Å². The van der Waals surface area contributed by atoms with Crippen molar-refractivity contribution in [3.05, 3.63) is 24.0 Å². The summed E-state index contributed by atoms with van der Waals surface area (Å²) in [5, 5.41) is 0. The molecule has 18 heavy (non-hydrogen) atoms. The number of halogens is 1. The molecule has 5 nitrogen and oxygen atoms in total. The van der Waals surface area contributed by atoms with Gasteiger partial charge in [-0.2, -0.15) is 0 Å². The second kappa shape index (κ2) is 5.34. The van der Waals surface area contributed by atoms with E-state index in [0.717, 1.165) is 12.1 Å². The van der Waals surface area contributed by atoms with Crippen LogP contribution in [0.5, 0.6) is 0 Å². The summed E-state index contributed by atoms with van der Waals surface area (Å²) in [7, 11) is -2.34. The summed E-state index contributed by atoms with van der Waals surface area (Å²) in [5.41, 5.74) is 5.12. The molecule has 0 bridgehead atoms. The van der Waals surface area contributed by atoms with Crippen molar-refractivity contribution in [2.24, 2.45) is 0 Å². The number of hydrogen-bond donors (Lipinski definition) is 1. The number of hydrogen-bond acceptors (Lipinski definition) is 4. The van der Waals surface area contributed by atoms with Gasteiger partial charge in [0.2, 0.25) is 5.91 Å². The number of carbonyl (C=O) groups excluding carboxylic acids is 1. The van der Waals surface area contributed by atoms with Crippen molar-refractivity contribution >= 4 is 21.4 Å². The minimum Gasteiger partial charge on any atom is -0.396 e. The Morgan fingerprint density at radius 2 is 2.06 bits per heavy atom. The summed E-state index contributed by atoms with van der Waals surface area (Å²) in [6, 6.07) is 3.17. The molecule has 1 rings (SSSR count). The molecule has 100 valence electrons. The molecule has 7 heteroatoms. The Hall–Kier alpha value is -1.63. The van der Waals surface area contributed by atoms with E-state index in [-0.39, 0.29) is 10.6 Å². The second-order valence-electron chi connectivity index (χ2n) is 3.85. The predicted molar refractivity (Wildman–Crippen MR) is 66.2 cm³/mol. The summed E-state index contributed by atoms with van der Waals surface area (Å²) >= 11 is 0. The van der Waals surface area contributed by atoms with Crippen LogP contribution in [-0.2, 0) is 14.6 Å². The van der Waals surface area contributed by atoms with Gasteiger partial charge in [0.05, 0.1) is 10.6 Å². The van der Waals surface area contributed by atoms with Crippen molar-refractivity contribution in [2.75, 3.05) is 25.1 Å². The number of nitrogen functional groups attached to an aromatic ring is 1. The topological polar surface area (TPSA) is 80.5 Å². The Bertz CT molecular complexity index is 557. The Morgan fingerprint density at radius 1 is 1.44 bits per heavy atom. The average Bonchev–Trinajstić information content (AvgIpc) is 2.30. The van der Waals surface area contributed by atoms with Crippen LogP contribution in [0.1, 0.15) is 6.92 Å². The lowest BCUT2D eigenvalue weighted by atomic mass is 10.3. The maximum absolute atomic E-state index is 13.2. The number of nitrogens with two attached hydrogens (primary N) is 1. The monoisotopic (exact) mass is 274 g/mol. The van der Waals surface area contributed by atoms with Crippen LogP contribution >= 0.6 is 0 Å². The third kappa shape index (κ3) is 3.19. The molecule has 2 N–H and O–H groups in total. The Balaban J connectivity index is 3.00. The summed E-state index contributed by atoms with van der Waals surface area (Å²) in [6.45, 7) is 2.14. The van der Waals surface area contributed by atoms with Crippen LogP contribution in [-0.4, -0.2) is 38.6 Å². The molecule has 0 aliphatic heterocycles. The van der Waals surface area contributed by atoms with Gasteiger partial charge in [-0.1, -0.05) is 0 Å². The van der Waals surface area contributed by atoms with Crippen molar-refractivity contribution in [3.63, 3.8) is 0 Å². The molecule has 0 saturated heterocycles. The van der Waals surface area contributed by atoms with Crippen molar-refractivity contribution in [1.82, 2.24) is 4.90 Å². The molecule has 1 amide bonds. The fourth-order valence-electron chi connectivity index (χ4n) is 1.23. The molecule has 0 aromatic heterocycles. The van der Waals surface area contributed by atoms with Crippen molar-refractivity contribution in [2.45, 2.75) is 11.8 Å². The number of benzene rings is 1. The van der Waals surface area contributed by atoms with E-state index < -0.39 is 27.3 Å². The van der Waals surface area contributed by atoms with E-state index in [9.17, 15) is 17.6 Å². The highest BCUT2D eigenvalue weighted by atomic mass is 32.2. The maximum atomic E-state index is 13.2. The predicted octanol–water partition coefficient (Wildman–Crippen LogP) is 0.660. The number of anilines is 1. The van der Waals surface area contributed by atoms with Crippen LogP contribution in [0.15, 0.2) is 23.1 Å². The quantitative estimate of drug-likeness (QED) is 0.818. The molecule has 0 saturated carbocycles. The summed E-state index contributed by atoms with van der Waals surface area (Å²) in [5.74, 6) is -2.03. The Kier molecular flexibility index (Phi) is 4.28. The Labute approximate surface area is 105 Å². The van der Waals surface area contributed by atoms with Gasteiger partial charge in [-0.05, 0) is 25.1 Å². The van der Waals surface area contributed by atoms with Crippen molar-refractivity contribution in [3.8, 4) is 0 Å². The molecule has 0 radical (unpaired) electrons.